The van der Waals surface area contributed by atoms with Crippen LogP contribution in [-0.2, 0) is 12.7 Å². The van der Waals surface area contributed by atoms with E-state index >= 15 is 0 Å². The molecule has 1 aromatic heterocycles. The quantitative estimate of drug-likeness (QED) is 0.556. The average Bonchev–Trinajstić information content (AvgIpc) is 3.01. The molecule has 9 heteroatoms. The van der Waals surface area contributed by atoms with Crippen LogP contribution in [0.15, 0.2) is 42.5 Å². The zero-order valence-corrected chi connectivity index (χ0v) is 16.1. The number of rotatable bonds is 6. The molecule has 2 N–H and O–H groups in total. The SMILES string of the molecule is Cc1ccc(CNCCOc2cccc3[nH]c(C(F)(F)F)nc23)cc1.Cl.Cl. The molecule has 3 rings (SSSR count). The number of para-hydroxylation sites is 1. The van der Waals surface area contributed by atoms with Gasteiger partial charge in [-0.05, 0) is 24.6 Å². The van der Waals surface area contributed by atoms with Crippen molar-refractivity contribution in [3.63, 3.8) is 0 Å². The number of fused-ring (bicyclic) bond motifs is 1. The van der Waals surface area contributed by atoms with E-state index in [1.165, 1.54) is 5.56 Å². The zero-order valence-electron chi connectivity index (χ0n) is 14.5. The predicted molar refractivity (Wildman–Crippen MR) is 104 cm³/mol. The molecule has 3 aromatic rings. The Morgan fingerprint density at radius 2 is 1.78 bits per heavy atom. The molecule has 0 saturated carbocycles. The molecular formula is C18H20Cl2F3N3O. The Kier molecular flexibility index (Phi) is 8.40. The number of hydrogen-bond donors (Lipinski definition) is 2. The lowest BCUT2D eigenvalue weighted by Crippen LogP contribution is -2.20. The van der Waals surface area contributed by atoms with Gasteiger partial charge in [-0.1, -0.05) is 35.9 Å². The number of aromatic amines is 1. The number of ether oxygens (including phenoxy) is 1. The summed E-state index contributed by atoms with van der Waals surface area (Å²) in [4.78, 5) is 5.88. The van der Waals surface area contributed by atoms with Crippen LogP contribution in [0.5, 0.6) is 5.75 Å². The normalized spacial score (nSPS) is 11.0. The number of hydrogen-bond acceptors (Lipinski definition) is 3. The van der Waals surface area contributed by atoms with Crippen molar-refractivity contribution in [3.05, 3.63) is 59.4 Å². The van der Waals surface area contributed by atoms with E-state index in [-0.39, 0.29) is 30.3 Å². The van der Waals surface area contributed by atoms with Gasteiger partial charge in [-0.25, -0.2) is 4.98 Å². The molecule has 4 nitrogen and oxygen atoms in total. The van der Waals surface area contributed by atoms with E-state index in [2.05, 4.69) is 15.3 Å². The highest BCUT2D eigenvalue weighted by atomic mass is 35.5. The van der Waals surface area contributed by atoms with E-state index < -0.39 is 12.0 Å². The number of imidazole rings is 1. The summed E-state index contributed by atoms with van der Waals surface area (Å²) < 4.78 is 43.8. The molecule has 0 aliphatic carbocycles. The molecule has 0 saturated heterocycles. The summed E-state index contributed by atoms with van der Waals surface area (Å²) in [6.45, 7) is 3.64. The molecule has 1 heterocycles. The van der Waals surface area contributed by atoms with Crippen LogP contribution in [0.2, 0.25) is 0 Å². The van der Waals surface area contributed by atoms with Crippen LogP contribution in [0, 0.1) is 6.92 Å². The molecule has 0 fully saturated rings. The Bertz CT molecular complexity index is 851. The molecule has 0 atom stereocenters. The third kappa shape index (κ3) is 6.02. The van der Waals surface area contributed by atoms with Gasteiger partial charge < -0.3 is 15.0 Å². The number of H-pyrrole nitrogens is 1. The van der Waals surface area contributed by atoms with Gasteiger partial charge in [0.15, 0.2) is 0 Å². The summed E-state index contributed by atoms with van der Waals surface area (Å²) in [5.74, 6) is -0.683. The molecule has 0 amide bonds. The molecule has 0 spiro atoms. The highest BCUT2D eigenvalue weighted by Gasteiger charge is 2.35. The minimum absolute atomic E-state index is 0. The molecule has 0 aliphatic rings. The zero-order chi connectivity index (χ0) is 17.9. The van der Waals surface area contributed by atoms with Crippen molar-refractivity contribution >= 4 is 35.8 Å². The standard InChI is InChI=1S/C18H18F3N3O.2ClH/c1-12-5-7-13(8-6-12)11-22-9-10-25-15-4-2-3-14-16(15)24-17(23-14)18(19,20)21;;/h2-8,22H,9-11H2,1H3,(H,23,24);2*1H. The van der Waals surface area contributed by atoms with Crippen molar-refractivity contribution in [3.8, 4) is 5.75 Å². The smallest absolute Gasteiger partial charge is 0.449 e. The summed E-state index contributed by atoms with van der Waals surface area (Å²) >= 11 is 0. The molecule has 0 unspecified atom stereocenters. The minimum Gasteiger partial charge on any atom is -0.490 e. The van der Waals surface area contributed by atoms with Gasteiger partial charge in [-0.15, -0.1) is 24.8 Å². The van der Waals surface area contributed by atoms with Crippen molar-refractivity contribution in [1.29, 1.82) is 0 Å². The molecule has 0 bridgehead atoms. The molecular weight excluding hydrogens is 402 g/mol. The lowest BCUT2D eigenvalue weighted by molar-refractivity contribution is -0.144. The molecule has 148 valence electrons. The minimum atomic E-state index is -4.51. The van der Waals surface area contributed by atoms with E-state index in [1.54, 1.807) is 18.2 Å². The second-order valence-corrected chi connectivity index (χ2v) is 5.75. The second-order valence-electron chi connectivity index (χ2n) is 5.75. The second kappa shape index (κ2) is 9.82. The maximum absolute atomic E-state index is 12.8. The van der Waals surface area contributed by atoms with Gasteiger partial charge in [0.1, 0.15) is 17.9 Å². The van der Waals surface area contributed by atoms with Crippen LogP contribution < -0.4 is 10.1 Å². The van der Waals surface area contributed by atoms with E-state index in [4.69, 9.17) is 4.74 Å². The van der Waals surface area contributed by atoms with E-state index in [0.29, 0.717) is 31.0 Å². The number of alkyl halides is 3. The van der Waals surface area contributed by atoms with Crippen LogP contribution in [0.3, 0.4) is 0 Å². The fourth-order valence-electron chi connectivity index (χ4n) is 2.43. The predicted octanol–water partition coefficient (Wildman–Crippen LogP) is 4.90. The Balaban J connectivity index is 0.00000182. The van der Waals surface area contributed by atoms with Crippen molar-refractivity contribution in [2.75, 3.05) is 13.2 Å². The monoisotopic (exact) mass is 421 g/mol. The first-order valence-corrected chi connectivity index (χ1v) is 7.88. The number of benzene rings is 2. The summed E-state index contributed by atoms with van der Waals surface area (Å²) in [7, 11) is 0. The highest BCUT2D eigenvalue weighted by Crippen LogP contribution is 2.31. The Morgan fingerprint density at radius 1 is 1.07 bits per heavy atom. The summed E-state index contributed by atoms with van der Waals surface area (Å²) in [5, 5.41) is 3.24. The number of halogens is 5. The first kappa shape index (κ1) is 23.1. The third-order valence-corrected chi connectivity index (χ3v) is 3.73. The van der Waals surface area contributed by atoms with Crippen LogP contribution in [0.4, 0.5) is 13.2 Å². The lowest BCUT2D eigenvalue weighted by Gasteiger charge is -2.08. The van der Waals surface area contributed by atoms with E-state index in [1.807, 2.05) is 31.2 Å². The van der Waals surface area contributed by atoms with E-state index in [0.717, 1.165) is 5.56 Å². The topological polar surface area (TPSA) is 49.9 Å². The van der Waals surface area contributed by atoms with Crippen LogP contribution in [0.1, 0.15) is 17.0 Å². The maximum Gasteiger partial charge on any atom is 0.449 e. The van der Waals surface area contributed by atoms with Crippen molar-refractivity contribution in [2.45, 2.75) is 19.6 Å². The largest absolute Gasteiger partial charge is 0.490 e. The van der Waals surface area contributed by atoms with Crippen LogP contribution in [-0.4, -0.2) is 23.1 Å². The number of nitrogens with zero attached hydrogens (tertiary/aromatic N) is 1. The van der Waals surface area contributed by atoms with Crippen molar-refractivity contribution < 1.29 is 17.9 Å². The van der Waals surface area contributed by atoms with Gasteiger partial charge in [-0.2, -0.15) is 13.2 Å². The summed E-state index contributed by atoms with van der Waals surface area (Å²) in [6, 6.07) is 13.0. The van der Waals surface area contributed by atoms with Crippen molar-refractivity contribution in [1.82, 2.24) is 15.3 Å². The van der Waals surface area contributed by atoms with Gasteiger partial charge in [0.05, 0.1) is 5.52 Å². The first-order valence-electron chi connectivity index (χ1n) is 7.88. The maximum atomic E-state index is 12.8. The Morgan fingerprint density at radius 3 is 2.44 bits per heavy atom. The Labute approximate surface area is 167 Å². The fraction of sp³-hybridized carbons (Fsp3) is 0.278. The highest BCUT2D eigenvalue weighted by molar-refractivity contribution is 5.85. The first-order chi connectivity index (χ1) is 11.9. The Hall–Kier alpha value is -1.96. The van der Waals surface area contributed by atoms with Gasteiger partial charge in [0.2, 0.25) is 5.82 Å². The van der Waals surface area contributed by atoms with Gasteiger partial charge >= 0.3 is 6.18 Å². The average molecular weight is 422 g/mol. The molecule has 0 radical (unpaired) electrons. The molecule has 27 heavy (non-hydrogen) atoms. The number of aryl methyl sites for hydroxylation is 1. The molecule has 2 aromatic carbocycles. The third-order valence-electron chi connectivity index (χ3n) is 3.73. The van der Waals surface area contributed by atoms with E-state index in [9.17, 15) is 13.2 Å². The summed E-state index contributed by atoms with van der Waals surface area (Å²) in [6.07, 6.45) is -4.51. The van der Waals surface area contributed by atoms with Crippen molar-refractivity contribution in [2.24, 2.45) is 0 Å². The summed E-state index contributed by atoms with van der Waals surface area (Å²) in [5.41, 5.74) is 2.86. The van der Waals surface area contributed by atoms with Gasteiger partial charge in [-0.3, -0.25) is 0 Å². The van der Waals surface area contributed by atoms with Gasteiger partial charge in [0.25, 0.3) is 0 Å². The number of aromatic nitrogens is 2. The van der Waals surface area contributed by atoms with Crippen LogP contribution in [0.25, 0.3) is 11.0 Å². The fourth-order valence-corrected chi connectivity index (χ4v) is 2.43. The molecule has 0 aliphatic heterocycles. The van der Waals surface area contributed by atoms with Gasteiger partial charge in [0, 0.05) is 13.1 Å². The number of nitrogens with one attached hydrogen (secondary N) is 2. The lowest BCUT2D eigenvalue weighted by atomic mass is 10.1. The van der Waals surface area contributed by atoms with Crippen LogP contribution >= 0.6 is 24.8 Å².